The lowest BCUT2D eigenvalue weighted by Crippen LogP contribution is -2.01. The van der Waals surface area contributed by atoms with Gasteiger partial charge in [0.05, 0.1) is 7.11 Å². The number of ether oxygens (including phenoxy) is 1. The van der Waals surface area contributed by atoms with Crippen LogP contribution < -0.4 is 0 Å². The smallest absolute Gasteiger partial charge is 0.333 e. The summed E-state index contributed by atoms with van der Waals surface area (Å²) < 4.78 is 4.66. The highest BCUT2D eigenvalue weighted by Crippen LogP contribution is 2.21. The van der Waals surface area contributed by atoms with Gasteiger partial charge in [-0.2, -0.15) is 0 Å². The van der Waals surface area contributed by atoms with Gasteiger partial charge >= 0.3 is 5.97 Å². The van der Waals surface area contributed by atoms with Crippen molar-refractivity contribution in [3.8, 4) is 0 Å². The number of hydrogen-bond acceptors (Lipinski definition) is 2. The fourth-order valence-corrected chi connectivity index (χ4v) is 1.86. The van der Waals surface area contributed by atoms with Gasteiger partial charge in [-0.1, -0.05) is 42.8 Å². The molecular weight excluding hydrogens is 224 g/mol. The van der Waals surface area contributed by atoms with Gasteiger partial charge in [0.15, 0.2) is 0 Å². The molecule has 0 fully saturated rings. The number of esters is 1. The number of benzene rings is 1. The Morgan fingerprint density at radius 1 is 1.33 bits per heavy atom. The number of carbonyl (C=O) groups is 1. The molecule has 0 aliphatic heterocycles. The van der Waals surface area contributed by atoms with Crippen LogP contribution in [0.5, 0.6) is 0 Å². The van der Waals surface area contributed by atoms with E-state index in [1.54, 1.807) is 6.92 Å². The molecule has 0 aromatic heterocycles. The topological polar surface area (TPSA) is 26.3 Å². The van der Waals surface area contributed by atoms with E-state index in [1.807, 2.05) is 6.08 Å². The van der Waals surface area contributed by atoms with E-state index in [0.717, 1.165) is 12.8 Å². The van der Waals surface area contributed by atoms with Gasteiger partial charge < -0.3 is 4.74 Å². The molecule has 0 aliphatic carbocycles. The second-order valence-corrected chi connectivity index (χ2v) is 4.77. The molecule has 0 heterocycles. The molecule has 0 N–H and O–H groups in total. The fraction of sp³-hybridized carbons (Fsp3) is 0.438. The molecule has 0 saturated carbocycles. The summed E-state index contributed by atoms with van der Waals surface area (Å²) in [5.41, 5.74) is 3.32. The lowest BCUT2D eigenvalue weighted by molar-refractivity contribution is -0.136. The predicted molar refractivity (Wildman–Crippen MR) is 74.6 cm³/mol. The molecule has 1 aromatic rings. The molecule has 98 valence electrons. The highest BCUT2D eigenvalue weighted by atomic mass is 16.5. The number of aryl methyl sites for hydroxylation is 1. The lowest BCUT2D eigenvalue weighted by atomic mass is 9.95. The average molecular weight is 246 g/mol. The number of rotatable bonds is 5. The van der Waals surface area contributed by atoms with Gasteiger partial charge in [-0.05, 0) is 38.2 Å². The first-order chi connectivity index (χ1) is 8.54. The first-order valence-electron chi connectivity index (χ1n) is 6.36. The summed E-state index contributed by atoms with van der Waals surface area (Å²) in [4.78, 5) is 11.2. The Labute approximate surface area is 110 Å². The summed E-state index contributed by atoms with van der Waals surface area (Å²) >= 11 is 0. The van der Waals surface area contributed by atoms with Crippen LogP contribution in [0.1, 0.15) is 43.7 Å². The van der Waals surface area contributed by atoms with Crippen LogP contribution in [0.15, 0.2) is 35.9 Å². The van der Waals surface area contributed by atoms with Crippen LogP contribution >= 0.6 is 0 Å². The van der Waals surface area contributed by atoms with E-state index in [0.29, 0.717) is 11.5 Å². The van der Waals surface area contributed by atoms with Crippen LogP contribution in [0.3, 0.4) is 0 Å². The van der Waals surface area contributed by atoms with Crippen molar-refractivity contribution < 1.29 is 9.53 Å². The van der Waals surface area contributed by atoms with Gasteiger partial charge in [-0.15, -0.1) is 0 Å². The Hall–Kier alpha value is -1.57. The van der Waals surface area contributed by atoms with Crippen LogP contribution in [0.2, 0.25) is 0 Å². The Bertz CT molecular complexity index is 415. The second kappa shape index (κ2) is 7.00. The van der Waals surface area contributed by atoms with Gasteiger partial charge in [0.1, 0.15) is 0 Å². The van der Waals surface area contributed by atoms with Gasteiger partial charge in [0, 0.05) is 5.57 Å². The third-order valence-electron chi connectivity index (χ3n) is 3.20. The molecule has 2 heteroatoms. The summed E-state index contributed by atoms with van der Waals surface area (Å²) in [5, 5.41) is 0. The first kappa shape index (κ1) is 14.5. The largest absolute Gasteiger partial charge is 0.466 e. The van der Waals surface area contributed by atoms with E-state index in [1.165, 1.54) is 18.2 Å². The third kappa shape index (κ3) is 4.36. The Morgan fingerprint density at radius 3 is 2.50 bits per heavy atom. The Balaban J connectivity index is 2.49. The van der Waals surface area contributed by atoms with Crippen LogP contribution in [0, 0.1) is 6.92 Å². The maximum Gasteiger partial charge on any atom is 0.333 e. The average Bonchev–Trinajstić information content (AvgIpc) is 2.38. The Kier molecular flexibility index (Phi) is 5.63. The van der Waals surface area contributed by atoms with Crippen LogP contribution in [0.4, 0.5) is 0 Å². The molecule has 0 amide bonds. The standard InChI is InChI=1S/C16H22O2/c1-12-8-10-15(11-9-12)13(2)6-5-7-14(3)16(17)18-4/h7-11,13H,5-6H2,1-4H3/b14-7-. The van der Waals surface area contributed by atoms with E-state index in [4.69, 9.17) is 0 Å². The summed E-state index contributed by atoms with van der Waals surface area (Å²) in [6.07, 6.45) is 3.89. The van der Waals surface area contributed by atoms with Crippen LogP contribution in [-0.2, 0) is 9.53 Å². The van der Waals surface area contributed by atoms with E-state index >= 15 is 0 Å². The van der Waals surface area contributed by atoms with Crippen molar-refractivity contribution in [3.05, 3.63) is 47.0 Å². The first-order valence-corrected chi connectivity index (χ1v) is 6.36. The zero-order chi connectivity index (χ0) is 13.5. The normalized spacial score (nSPS) is 13.2. The molecule has 1 rings (SSSR count). The number of allylic oxidation sites excluding steroid dienone is 1. The van der Waals surface area contributed by atoms with Crippen molar-refractivity contribution in [3.63, 3.8) is 0 Å². The van der Waals surface area contributed by atoms with E-state index < -0.39 is 0 Å². The van der Waals surface area contributed by atoms with Crippen molar-refractivity contribution >= 4 is 5.97 Å². The van der Waals surface area contributed by atoms with Crippen LogP contribution in [0.25, 0.3) is 0 Å². The van der Waals surface area contributed by atoms with E-state index in [9.17, 15) is 4.79 Å². The second-order valence-electron chi connectivity index (χ2n) is 4.77. The quantitative estimate of drug-likeness (QED) is 0.580. The molecule has 0 saturated heterocycles. The zero-order valence-electron chi connectivity index (χ0n) is 11.7. The molecule has 18 heavy (non-hydrogen) atoms. The van der Waals surface area contributed by atoms with Gasteiger partial charge in [-0.25, -0.2) is 4.79 Å². The Morgan fingerprint density at radius 2 is 1.94 bits per heavy atom. The molecule has 0 spiro atoms. The summed E-state index contributed by atoms with van der Waals surface area (Å²) in [5.74, 6) is 0.269. The summed E-state index contributed by atoms with van der Waals surface area (Å²) in [7, 11) is 1.41. The van der Waals surface area contributed by atoms with Gasteiger partial charge in [0.25, 0.3) is 0 Å². The predicted octanol–water partition coefficient (Wildman–Crippen LogP) is 4.00. The van der Waals surface area contributed by atoms with Crippen molar-refractivity contribution in [1.82, 2.24) is 0 Å². The molecular formula is C16H22O2. The molecule has 2 nitrogen and oxygen atoms in total. The van der Waals surface area contributed by atoms with E-state index in [2.05, 4.69) is 42.8 Å². The van der Waals surface area contributed by atoms with Crippen molar-refractivity contribution in [2.24, 2.45) is 0 Å². The van der Waals surface area contributed by atoms with Crippen molar-refractivity contribution in [2.75, 3.05) is 7.11 Å². The number of carbonyl (C=O) groups excluding carboxylic acids is 1. The van der Waals surface area contributed by atoms with Crippen LogP contribution in [-0.4, -0.2) is 13.1 Å². The zero-order valence-corrected chi connectivity index (χ0v) is 11.7. The minimum Gasteiger partial charge on any atom is -0.466 e. The van der Waals surface area contributed by atoms with Crippen molar-refractivity contribution in [1.29, 1.82) is 0 Å². The number of methoxy groups -OCH3 is 1. The highest BCUT2D eigenvalue weighted by molar-refractivity contribution is 5.87. The highest BCUT2D eigenvalue weighted by Gasteiger charge is 2.06. The fourth-order valence-electron chi connectivity index (χ4n) is 1.86. The molecule has 1 atom stereocenters. The number of hydrogen-bond donors (Lipinski definition) is 0. The SMILES string of the molecule is COC(=O)/C(C)=C\CCC(C)c1ccc(C)cc1. The molecule has 0 bridgehead atoms. The van der Waals surface area contributed by atoms with Gasteiger partial charge in [-0.3, -0.25) is 0 Å². The maximum absolute atomic E-state index is 11.2. The summed E-state index contributed by atoms with van der Waals surface area (Å²) in [6, 6.07) is 8.64. The van der Waals surface area contributed by atoms with Gasteiger partial charge in [0.2, 0.25) is 0 Å². The molecule has 0 radical (unpaired) electrons. The molecule has 1 unspecified atom stereocenters. The van der Waals surface area contributed by atoms with Crippen molar-refractivity contribution in [2.45, 2.75) is 39.5 Å². The minimum absolute atomic E-state index is 0.238. The monoisotopic (exact) mass is 246 g/mol. The third-order valence-corrected chi connectivity index (χ3v) is 3.20. The summed E-state index contributed by atoms with van der Waals surface area (Å²) in [6.45, 7) is 6.10. The lowest BCUT2D eigenvalue weighted by Gasteiger charge is -2.11. The van der Waals surface area contributed by atoms with E-state index in [-0.39, 0.29) is 5.97 Å². The molecule has 0 aliphatic rings. The molecule has 1 aromatic carbocycles. The minimum atomic E-state index is -0.238. The maximum atomic E-state index is 11.2.